The van der Waals surface area contributed by atoms with Gasteiger partial charge in [0.15, 0.2) is 0 Å². The van der Waals surface area contributed by atoms with Crippen molar-refractivity contribution in [3.05, 3.63) is 58.1 Å². The van der Waals surface area contributed by atoms with Crippen LogP contribution in [-0.2, 0) is 24.3 Å². The Morgan fingerprint density at radius 2 is 1.83 bits per heavy atom. The Kier molecular flexibility index (Phi) is 7.17. The molecule has 1 amide bonds. The Morgan fingerprint density at radius 3 is 2.46 bits per heavy atom. The Labute approximate surface area is 202 Å². The van der Waals surface area contributed by atoms with Crippen LogP contribution >= 0.6 is 11.3 Å². The lowest BCUT2D eigenvalue weighted by atomic mass is 9.89. The molecule has 0 aliphatic carbocycles. The van der Waals surface area contributed by atoms with E-state index in [1.165, 1.54) is 4.88 Å². The smallest absolute Gasteiger partial charge is 0.475 e. The molecule has 13 heteroatoms. The van der Waals surface area contributed by atoms with Crippen LogP contribution in [0.2, 0.25) is 0 Å². The molecule has 0 spiro atoms. The van der Waals surface area contributed by atoms with Crippen molar-refractivity contribution in [2.75, 3.05) is 18.4 Å². The van der Waals surface area contributed by atoms with E-state index in [9.17, 15) is 18.0 Å². The highest BCUT2D eigenvalue weighted by Gasteiger charge is 2.39. The molecule has 2 aliphatic heterocycles. The van der Waals surface area contributed by atoms with Crippen LogP contribution in [0.5, 0.6) is 0 Å². The summed E-state index contributed by atoms with van der Waals surface area (Å²) in [6.07, 6.45) is -4.20. The molecule has 1 aromatic carbocycles. The molecule has 35 heavy (non-hydrogen) atoms. The van der Waals surface area contributed by atoms with Crippen molar-refractivity contribution in [2.24, 2.45) is 11.8 Å². The van der Waals surface area contributed by atoms with Gasteiger partial charge in [0.25, 0.3) is 5.91 Å². The number of hydrogen-bond acceptors (Lipinski definition) is 7. The summed E-state index contributed by atoms with van der Waals surface area (Å²) >= 11 is 1.73. The summed E-state index contributed by atoms with van der Waals surface area (Å²) in [6, 6.07) is 9.47. The van der Waals surface area contributed by atoms with Gasteiger partial charge in [0.2, 0.25) is 5.82 Å². The largest absolute Gasteiger partial charge is 0.490 e. The highest BCUT2D eigenvalue weighted by Crippen LogP contribution is 2.34. The number of rotatable bonds is 4. The van der Waals surface area contributed by atoms with Crippen LogP contribution in [0.4, 0.5) is 18.9 Å². The van der Waals surface area contributed by atoms with E-state index in [0.717, 1.165) is 49.8 Å². The van der Waals surface area contributed by atoms with Crippen molar-refractivity contribution in [1.29, 1.82) is 0 Å². The first kappa shape index (κ1) is 24.8. The molecule has 0 saturated carbocycles. The highest BCUT2D eigenvalue weighted by molar-refractivity contribution is 7.09. The van der Waals surface area contributed by atoms with E-state index < -0.39 is 12.1 Å². The SMILES string of the molecule is Cc1ncsc1CN1CC2Cc3nnc(C(=O)Nc4ccccc4)n3CC2C1.O=C(O)C(F)(F)F. The van der Waals surface area contributed by atoms with E-state index in [0.29, 0.717) is 17.7 Å². The number of carboxylic acid groups (broad SMARTS) is 1. The van der Waals surface area contributed by atoms with Gasteiger partial charge in [-0.15, -0.1) is 21.5 Å². The molecular formula is C22H23F3N6O3S. The molecule has 3 aromatic rings. The van der Waals surface area contributed by atoms with Gasteiger partial charge in [-0.3, -0.25) is 9.69 Å². The Morgan fingerprint density at radius 1 is 1.14 bits per heavy atom. The molecule has 2 N–H and O–H groups in total. The number of likely N-dealkylation sites (tertiary alicyclic amines) is 1. The number of nitrogens with one attached hydrogen (secondary N) is 1. The summed E-state index contributed by atoms with van der Waals surface area (Å²) in [6.45, 7) is 5.96. The van der Waals surface area contributed by atoms with Crippen molar-refractivity contribution in [2.45, 2.75) is 32.6 Å². The molecule has 9 nitrogen and oxygen atoms in total. The fraction of sp³-hybridized carbons (Fsp3) is 0.409. The zero-order chi connectivity index (χ0) is 25.2. The quantitative estimate of drug-likeness (QED) is 0.556. The second-order valence-electron chi connectivity index (χ2n) is 8.45. The molecule has 2 atom stereocenters. The second-order valence-corrected chi connectivity index (χ2v) is 9.39. The predicted molar refractivity (Wildman–Crippen MR) is 121 cm³/mol. The van der Waals surface area contributed by atoms with Gasteiger partial charge >= 0.3 is 12.1 Å². The molecule has 2 aromatic heterocycles. The zero-order valence-corrected chi connectivity index (χ0v) is 19.5. The first-order chi connectivity index (χ1) is 16.6. The Balaban J connectivity index is 0.000000364. The fourth-order valence-electron chi connectivity index (χ4n) is 4.31. The first-order valence-electron chi connectivity index (χ1n) is 10.8. The summed E-state index contributed by atoms with van der Waals surface area (Å²) in [5.74, 6) is -0.509. The minimum absolute atomic E-state index is 0.196. The third kappa shape index (κ3) is 5.85. The fourth-order valence-corrected chi connectivity index (χ4v) is 5.13. The van der Waals surface area contributed by atoms with Gasteiger partial charge in [0.05, 0.1) is 11.2 Å². The van der Waals surface area contributed by atoms with Gasteiger partial charge in [-0.2, -0.15) is 13.2 Å². The maximum absolute atomic E-state index is 12.7. The summed E-state index contributed by atoms with van der Waals surface area (Å²) < 4.78 is 33.8. The normalized spacial score (nSPS) is 19.3. The maximum atomic E-state index is 12.7. The minimum Gasteiger partial charge on any atom is -0.475 e. The molecule has 5 rings (SSSR count). The Bertz CT molecular complexity index is 1200. The van der Waals surface area contributed by atoms with Crippen LogP contribution in [0.3, 0.4) is 0 Å². The number of fused-ring (bicyclic) bond motifs is 2. The molecule has 186 valence electrons. The van der Waals surface area contributed by atoms with Gasteiger partial charge in [0.1, 0.15) is 5.82 Å². The molecule has 4 heterocycles. The van der Waals surface area contributed by atoms with E-state index in [4.69, 9.17) is 9.90 Å². The van der Waals surface area contributed by atoms with Crippen molar-refractivity contribution >= 4 is 28.9 Å². The second kappa shape index (κ2) is 10.1. The molecule has 2 unspecified atom stereocenters. The average molecular weight is 509 g/mol. The van der Waals surface area contributed by atoms with Gasteiger partial charge in [-0.25, -0.2) is 9.78 Å². The number of carbonyl (C=O) groups is 2. The molecule has 0 radical (unpaired) electrons. The number of aliphatic carboxylic acids is 1. The molecule has 0 bridgehead atoms. The first-order valence-corrected chi connectivity index (χ1v) is 11.7. The number of benzene rings is 1. The van der Waals surface area contributed by atoms with Crippen LogP contribution in [-0.4, -0.2) is 60.9 Å². The van der Waals surface area contributed by atoms with Crippen molar-refractivity contribution < 1.29 is 27.9 Å². The number of alkyl halides is 3. The summed E-state index contributed by atoms with van der Waals surface area (Å²) in [4.78, 5) is 29.8. The number of anilines is 1. The summed E-state index contributed by atoms with van der Waals surface area (Å²) in [5, 5.41) is 18.6. The molecule has 2 aliphatic rings. The lowest BCUT2D eigenvalue weighted by molar-refractivity contribution is -0.192. The van der Waals surface area contributed by atoms with Crippen LogP contribution in [0.1, 0.15) is 27.0 Å². The van der Waals surface area contributed by atoms with E-state index in [2.05, 4.69) is 32.3 Å². The van der Waals surface area contributed by atoms with Gasteiger partial charge in [-0.1, -0.05) is 18.2 Å². The number of aromatic nitrogens is 4. The monoisotopic (exact) mass is 508 g/mol. The number of nitrogens with zero attached hydrogens (tertiary/aromatic N) is 5. The van der Waals surface area contributed by atoms with Crippen LogP contribution < -0.4 is 5.32 Å². The van der Waals surface area contributed by atoms with Crippen LogP contribution in [0.25, 0.3) is 0 Å². The predicted octanol–water partition coefficient (Wildman–Crippen LogP) is 3.23. The number of aryl methyl sites for hydroxylation is 1. The third-order valence-electron chi connectivity index (χ3n) is 6.03. The van der Waals surface area contributed by atoms with Crippen LogP contribution in [0.15, 0.2) is 35.8 Å². The lowest BCUT2D eigenvalue weighted by Crippen LogP contribution is -2.31. The number of carbonyl (C=O) groups excluding carboxylic acids is 1. The van der Waals surface area contributed by atoms with Gasteiger partial charge in [0, 0.05) is 43.2 Å². The maximum Gasteiger partial charge on any atom is 0.490 e. The number of amides is 1. The number of thiazole rings is 1. The van der Waals surface area contributed by atoms with E-state index in [-0.39, 0.29) is 5.91 Å². The van der Waals surface area contributed by atoms with E-state index in [1.54, 1.807) is 11.3 Å². The van der Waals surface area contributed by atoms with E-state index in [1.807, 2.05) is 40.4 Å². The topological polar surface area (TPSA) is 113 Å². The van der Waals surface area contributed by atoms with Gasteiger partial charge < -0.3 is 15.0 Å². The van der Waals surface area contributed by atoms with Crippen molar-refractivity contribution in [3.8, 4) is 0 Å². The molecule has 1 saturated heterocycles. The number of para-hydroxylation sites is 1. The minimum atomic E-state index is -5.08. The molecule has 1 fully saturated rings. The highest BCUT2D eigenvalue weighted by atomic mass is 32.1. The standard InChI is InChI=1S/C20H22N6OS.C2HF3O2/c1-13-17(28-12-21-13)11-25-8-14-7-18-23-24-19(26(18)10-15(14)9-25)20(27)22-16-5-3-2-4-6-16;3-2(4,5)1(6)7/h2-6,12,14-15H,7-11H2,1H3,(H,22,27);(H,6,7). The Hall–Kier alpha value is -3.32. The summed E-state index contributed by atoms with van der Waals surface area (Å²) in [5.41, 5.74) is 3.83. The molecular weight excluding hydrogens is 485 g/mol. The van der Waals surface area contributed by atoms with Crippen molar-refractivity contribution in [1.82, 2.24) is 24.6 Å². The number of carboxylic acids is 1. The lowest BCUT2D eigenvalue weighted by Gasteiger charge is -2.25. The average Bonchev–Trinajstić information content (AvgIpc) is 3.51. The number of hydrogen-bond donors (Lipinski definition) is 2. The zero-order valence-electron chi connectivity index (χ0n) is 18.7. The summed E-state index contributed by atoms with van der Waals surface area (Å²) in [7, 11) is 0. The van der Waals surface area contributed by atoms with Crippen LogP contribution in [0, 0.1) is 18.8 Å². The van der Waals surface area contributed by atoms with Crippen molar-refractivity contribution in [3.63, 3.8) is 0 Å². The van der Waals surface area contributed by atoms with E-state index >= 15 is 0 Å². The van der Waals surface area contributed by atoms with Gasteiger partial charge in [-0.05, 0) is 30.9 Å². The number of halogens is 3. The third-order valence-corrected chi connectivity index (χ3v) is 6.95.